The largest absolute Gasteiger partial charge is 0.381 e. The van der Waals surface area contributed by atoms with Gasteiger partial charge in [0.05, 0.1) is 46.0 Å². The summed E-state index contributed by atoms with van der Waals surface area (Å²) in [6.07, 6.45) is 5.04. The molecule has 2 aromatic carbocycles. The highest BCUT2D eigenvalue weighted by atomic mass is 16.1. The lowest BCUT2D eigenvalue weighted by Gasteiger charge is -2.18. The van der Waals surface area contributed by atoms with Crippen molar-refractivity contribution in [3.8, 4) is 23.1 Å². The molecule has 0 spiro atoms. The van der Waals surface area contributed by atoms with E-state index in [1.54, 1.807) is 29.3 Å². The molecule has 0 radical (unpaired) electrons. The monoisotopic (exact) mass is 527 g/mol. The van der Waals surface area contributed by atoms with Gasteiger partial charge in [-0.05, 0) is 32.0 Å². The Morgan fingerprint density at radius 1 is 1.02 bits per heavy atom. The Labute approximate surface area is 229 Å². The summed E-state index contributed by atoms with van der Waals surface area (Å²) >= 11 is 0. The van der Waals surface area contributed by atoms with Gasteiger partial charge in [-0.1, -0.05) is 48.2 Å². The summed E-state index contributed by atoms with van der Waals surface area (Å²) in [5, 5.41) is 11.5. The lowest BCUT2D eigenvalue weighted by Crippen LogP contribution is -2.28. The average Bonchev–Trinajstić information content (AvgIpc) is 3.48. The predicted molar refractivity (Wildman–Crippen MR) is 152 cm³/mol. The van der Waals surface area contributed by atoms with Gasteiger partial charge < -0.3 is 11.1 Å². The number of nitrogen functional groups attached to an aromatic ring is 1. The van der Waals surface area contributed by atoms with E-state index in [2.05, 4.69) is 32.3 Å². The van der Waals surface area contributed by atoms with Crippen molar-refractivity contribution in [2.75, 3.05) is 5.73 Å². The van der Waals surface area contributed by atoms with E-state index >= 15 is 0 Å². The molecule has 0 bridgehead atoms. The highest BCUT2D eigenvalue weighted by Gasteiger charge is 2.24. The van der Waals surface area contributed by atoms with Gasteiger partial charge in [-0.15, -0.1) is 5.10 Å². The number of carbonyl (C=O) groups is 1. The minimum atomic E-state index is -0.509. The van der Waals surface area contributed by atoms with Crippen LogP contribution in [0.5, 0.6) is 0 Å². The fourth-order valence-corrected chi connectivity index (χ4v) is 4.52. The molecule has 10 nitrogen and oxygen atoms in total. The normalized spacial score (nSPS) is 11.8. The number of carbonyl (C=O) groups excluding carboxylic acids is 1. The highest BCUT2D eigenvalue weighted by molar-refractivity contribution is 6.04. The molecule has 1 atom stereocenters. The molecule has 6 rings (SSSR count). The quantitative estimate of drug-likeness (QED) is 0.333. The van der Waals surface area contributed by atoms with Crippen LogP contribution in [0.3, 0.4) is 0 Å². The van der Waals surface area contributed by atoms with Crippen LogP contribution in [0, 0.1) is 18.8 Å². The molecule has 10 heteroatoms. The maximum Gasteiger partial charge on any atom is 0.259 e. The molecule has 196 valence electrons. The van der Waals surface area contributed by atoms with Gasteiger partial charge >= 0.3 is 0 Å². The third-order valence-corrected chi connectivity index (χ3v) is 6.74. The highest BCUT2D eigenvalue weighted by Crippen LogP contribution is 2.29. The van der Waals surface area contributed by atoms with E-state index in [0.29, 0.717) is 28.1 Å². The first-order chi connectivity index (χ1) is 19.4. The molecule has 4 heterocycles. The number of hydrogen-bond donors (Lipinski definition) is 2. The smallest absolute Gasteiger partial charge is 0.259 e. The molecule has 1 unspecified atom stereocenters. The number of aromatic nitrogens is 7. The Bertz CT molecular complexity index is 1960. The summed E-state index contributed by atoms with van der Waals surface area (Å²) in [4.78, 5) is 27.7. The van der Waals surface area contributed by atoms with Gasteiger partial charge in [0.2, 0.25) is 0 Å². The van der Waals surface area contributed by atoms with Crippen LogP contribution < -0.4 is 11.1 Å². The first-order valence-electron chi connectivity index (χ1n) is 12.7. The number of nitrogens with one attached hydrogen (secondary N) is 1. The van der Waals surface area contributed by atoms with Crippen LogP contribution in [-0.4, -0.2) is 40.3 Å². The molecular weight excluding hydrogens is 502 g/mol. The van der Waals surface area contributed by atoms with Gasteiger partial charge in [0, 0.05) is 25.0 Å². The van der Waals surface area contributed by atoms with Crippen molar-refractivity contribution in [2.24, 2.45) is 7.05 Å². The van der Waals surface area contributed by atoms with Crippen LogP contribution in [0.4, 0.5) is 5.82 Å². The van der Waals surface area contributed by atoms with Gasteiger partial charge in [-0.2, -0.15) is 5.10 Å². The summed E-state index contributed by atoms with van der Waals surface area (Å²) in [5.74, 6) is 6.17. The van der Waals surface area contributed by atoms with E-state index in [0.717, 1.165) is 22.4 Å². The third kappa shape index (κ3) is 4.39. The Balaban J connectivity index is 1.43. The Hall–Kier alpha value is -5.56. The molecule has 0 aliphatic heterocycles. The summed E-state index contributed by atoms with van der Waals surface area (Å²) in [5.41, 5.74) is 12.7. The number of fused-ring (bicyclic) bond motifs is 2. The number of nitrogens with zero attached hydrogens (tertiary/aromatic N) is 7. The molecule has 3 N–H and O–H groups in total. The van der Waals surface area contributed by atoms with Gasteiger partial charge in [0.25, 0.3) is 5.91 Å². The zero-order valence-electron chi connectivity index (χ0n) is 22.1. The zero-order valence-corrected chi connectivity index (χ0v) is 22.1. The maximum absolute atomic E-state index is 13.4. The minimum Gasteiger partial charge on any atom is -0.381 e. The Kier molecular flexibility index (Phi) is 6.16. The van der Waals surface area contributed by atoms with E-state index in [1.165, 1.54) is 4.52 Å². The number of nitrogens with two attached hydrogens (primary N) is 1. The zero-order chi connectivity index (χ0) is 27.8. The third-order valence-electron chi connectivity index (χ3n) is 6.74. The van der Waals surface area contributed by atoms with Crippen LogP contribution >= 0.6 is 0 Å². The topological polar surface area (TPSA) is 129 Å². The molecule has 0 aliphatic rings. The molecule has 6 aromatic rings. The Morgan fingerprint density at radius 2 is 1.82 bits per heavy atom. The second-order valence-corrected chi connectivity index (χ2v) is 9.36. The van der Waals surface area contributed by atoms with Crippen molar-refractivity contribution >= 4 is 28.4 Å². The standard InChI is InChI=1S/C30H25N9O/c1-18(34-30(40)24-28(31)37-39-16-8-15-32-29(24)39)25-27(20-9-5-4-6-10-20)36-26-21(11-7-12-23(26)35-25)13-14-22-17-33-38(3)19(22)2/h4-12,15-18H,1-3H3,(H2,31,37)(H,34,40). The summed E-state index contributed by atoms with van der Waals surface area (Å²) in [6, 6.07) is 16.7. The van der Waals surface area contributed by atoms with Crippen molar-refractivity contribution in [1.29, 1.82) is 0 Å². The second kappa shape index (κ2) is 9.96. The van der Waals surface area contributed by atoms with E-state index in [9.17, 15) is 4.79 Å². The van der Waals surface area contributed by atoms with Crippen LogP contribution in [0.2, 0.25) is 0 Å². The summed E-state index contributed by atoms with van der Waals surface area (Å²) < 4.78 is 3.27. The average molecular weight is 528 g/mol. The summed E-state index contributed by atoms with van der Waals surface area (Å²) in [7, 11) is 1.89. The van der Waals surface area contributed by atoms with Crippen LogP contribution in [-0.2, 0) is 7.05 Å². The lowest BCUT2D eigenvalue weighted by molar-refractivity contribution is 0.0941. The van der Waals surface area contributed by atoms with Crippen molar-refractivity contribution < 1.29 is 4.79 Å². The fourth-order valence-electron chi connectivity index (χ4n) is 4.52. The van der Waals surface area contributed by atoms with E-state index in [-0.39, 0.29) is 11.4 Å². The van der Waals surface area contributed by atoms with Crippen LogP contribution in [0.1, 0.15) is 45.8 Å². The number of hydrogen-bond acceptors (Lipinski definition) is 7. The number of rotatable bonds is 4. The van der Waals surface area contributed by atoms with Crippen molar-refractivity contribution in [3.05, 3.63) is 101 Å². The molecule has 0 saturated carbocycles. The van der Waals surface area contributed by atoms with Gasteiger partial charge in [-0.3, -0.25) is 9.48 Å². The lowest BCUT2D eigenvalue weighted by atomic mass is 10.0. The second-order valence-electron chi connectivity index (χ2n) is 9.36. The van der Waals surface area contributed by atoms with Crippen molar-refractivity contribution in [2.45, 2.75) is 19.9 Å². The van der Waals surface area contributed by atoms with Crippen molar-refractivity contribution in [1.82, 2.24) is 39.7 Å². The molecule has 1 amide bonds. The first-order valence-corrected chi connectivity index (χ1v) is 12.7. The number of benzene rings is 2. The molecule has 0 saturated heterocycles. The molecular formula is C30H25N9O. The van der Waals surface area contributed by atoms with Gasteiger partial charge in [-0.25, -0.2) is 19.5 Å². The van der Waals surface area contributed by atoms with Crippen molar-refractivity contribution in [3.63, 3.8) is 0 Å². The molecule has 4 aromatic heterocycles. The van der Waals surface area contributed by atoms with Gasteiger partial charge in [0.15, 0.2) is 11.5 Å². The number of aryl methyl sites for hydroxylation is 1. The SMILES string of the molecule is Cc1c(C#Cc2cccc3nc(C(C)NC(=O)c4c(N)nn5cccnc45)c(-c4ccccc4)nc23)cnn1C. The molecule has 40 heavy (non-hydrogen) atoms. The number of amides is 1. The summed E-state index contributed by atoms with van der Waals surface area (Å²) in [6.45, 7) is 3.84. The van der Waals surface area contributed by atoms with Crippen LogP contribution in [0.25, 0.3) is 27.9 Å². The van der Waals surface area contributed by atoms with E-state index in [4.69, 9.17) is 15.7 Å². The van der Waals surface area contributed by atoms with Crippen LogP contribution in [0.15, 0.2) is 73.2 Å². The van der Waals surface area contributed by atoms with E-state index < -0.39 is 11.9 Å². The fraction of sp³-hybridized carbons (Fsp3) is 0.133. The van der Waals surface area contributed by atoms with E-state index in [1.807, 2.05) is 69.4 Å². The number of para-hydroxylation sites is 1. The van der Waals surface area contributed by atoms with Gasteiger partial charge in [0.1, 0.15) is 11.1 Å². The molecule has 0 fully saturated rings. The maximum atomic E-state index is 13.4. The Morgan fingerprint density at radius 3 is 2.60 bits per heavy atom. The predicted octanol–water partition coefficient (Wildman–Crippen LogP) is 3.85. The number of anilines is 1. The first kappa shape index (κ1) is 24.8. The molecule has 0 aliphatic carbocycles. The minimum absolute atomic E-state index is 0.100.